The van der Waals surface area contributed by atoms with Crippen molar-refractivity contribution in [1.82, 2.24) is 9.97 Å². The number of amides is 1. The number of benzene rings is 1. The van der Waals surface area contributed by atoms with Gasteiger partial charge in [0, 0.05) is 30.4 Å². The van der Waals surface area contributed by atoms with Crippen LogP contribution in [-0.4, -0.2) is 49.7 Å². The van der Waals surface area contributed by atoms with E-state index in [9.17, 15) is 13.2 Å². The number of nitrogens with two attached hydrogens (primary N) is 2. The monoisotopic (exact) mass is 523 g/mol. The second-order valence-corrected chi connectivity index (χ2v) is 11.4. The Morgan fingerprint density at radius 3 is 2.57 bits per heavy atom. The molecule has 0 spiro atoms. The molecule has 2 heterocycles. The molecule has 0 bridgehead atoms. The lowest BCUT2D eigenvalue weighted by Crippen LogP contribution is -2.42. The second-order valence-electron chi connectivity index (χ2n) is 9.42. The van der Waals surface area contributed by atoms with Crippen LogP contribution in [0.25, 0.3) is 11.1 Å². The Morgan fingerprint density at radius 1 is 1.14 bits per heavy atom. The molecule has 0 aliphatic heterocycles. The molecule has 1 saturated carbocycles. The van der Waals surface area contributed by atoms with Gasteiger partial charge in [0.2, 0.25) is 10.0 Å². The van der Waals surface area contributed by atoms with E-state index in [2.05, 4.69) is 20.6 Å². The number of aromatic nitrogens is 2. The number of hydrogen-bond donors (Lipinski definition) is 4. The molecule has 11 heteroatoms. The molecular formula is C26H33N7O3S. The summed E-state index contributed by atoms with van der Waals surface area (Å²) in [4.78, 5) is 21.0. The normalized spacial score (nSPS) is 17.7. The Balaban J connectivity index is 1.59. The van der Waals surface area contributed by atoms with E-state index in [1.54, 1.807) is 36.5 Å². The van der Waals surface area contributed by atoms with Crippen molar-refractivity contribution >= 4 is 38.8 Å². The fourth-order valence-corrected chi connectivity index (χ4v) is 5.02. The number of aryl methyl sites for hydroxylation is 1. The summed E-state index contributed by atoms with van der Waals surface area (Å²) in [6, 6.07) is 12.9. The Morgan fingerprint density at radius 2 is 1.89 bits per heavy atom. The fourth-order valence-electron chi connectivity index (χ4n) is 4.52. The highest BCUT2D eigenvalue weighted by molar-refractivity contribution is 7.92. The molecule has 2 aromatic heterocycles. The van der Waals surface area contributed by atoms with Gasteiger partial charge >= 0.3 is 0 Å². The Bertz CT molecular complexity index is 1410. The lowest BCUT2D eigenvalue weighted by Gasteiger charge is -2.30. The molecule has 4 rings (SSSR count). The zero-order valence-electron chi connectivity index (χ0n) is 21.2. The Kier molecular flexibility index (Phi) is 7.65. The number of nitrogens with zero attached hydrogens (tertiary/aromatic N) is 3. The van der Waals surface area contributed by atoms with Gasteiger partial charge in [-0.15, -0.1) is 0 Å². The highest BCUT2D eigenvalue weighted by Gasteiger charge is 2.22. The van der Waals surface area contributed by atoms with Crippen molar-refractivity contribution in [2.75, 3.05) is 28.2 Å². The number of pyridine rings is 2. The molecule has 0 unspecified atom stereocenters. The van der Waals surface area contributed by atoms with Crippen LogP contribution in [0.2, 0.25) is 0 Å². The van der Waals surface area contributed by atoms with Gasteiger partial charge in [0.25, 0.3) is 5.91 Å². The third kappa shape index (κ3) is 6.17. The van der Waals surface area contributed by atoms with E-state index in [-0.39, 0.29) is 17.8 Å². The number of sulfonamides is 1. The zero-order valence-corrected chi connectivity index (χ0v) is 22.0. The minimum absolute atomic E-state index is 0.0635. The van der Waals surface area contributed by atoms with Crippen molar-refractivity contribution in [2.24, 2.45) is 11.5 Å². The van der Waals surface area contributed by atoms with Crippen LogP contribution in [0.4, 0.5) is 22.9 Å². The first-order chi connectivity index (χ1) is 17.5. The standard InChI is InChI=1S/C26H33N7O3S/c1-16-20(17-7-6-8-19(13-17)33(2)37(3,35)36)11-12-24(30-16)32-23-14-18(15-29-25(23)26(28)34)31-22-10-5-4-9-21(22)27/h6-8,11-15,21-22,31H,4-5,9-10,27H2,1-3H3,(H2,28,34)(H,30,32)/t21-,22+/m0/s1. The van der Waals surface area contributed by atoms with Crippen molar-refractivity contribution in [3.05, 3.63) is 60.0 Å². The summed E-state index contributed by atoms with van der Waals surface area (Å²) >= 11 is 0. The summed E-state index contributed by atoms with van der Waals surface area (Å²) in [6.45, 7) is 1.86. The average Bonchev–Trinajstić information content (AvgIpc) is 2.84. The van der Waals surface area contributed by atoms with E-state index in [0.29, 0.717) is 17.2 Å². The van der Waals surface area contributed by atoms with Crippen LogP contribution < -0.4 is 26.4 Å². The summed E-state index contributed by atoms with van der Waals surface area (Å²) in [6.07, 6.45) is 6.95. The van der Waals surface area contributed by atoms with Crippen LogP contribution in [0, 0.1) is 6.92 Å². The molecule has 0 saturated heterocycles. The van der Waals surface area contributed by atoms with Crippen molar-refractivity contribution in [3.8, 4) is 11.1 Å². The number of rotatable bonds is 8. The largest absolute Gasteiger partial charge is 0.379 e. The minimum Gasteiger partial charge on any atom is -0.379 e. The summed E-state index contributed by atoms with van der Waals surface area (Å²) < 4.78 is 25.1. The van der Waals surface area contributed by atoms with Gasteiger partial charge in [0.1, 0.15) is 5.82 Å². The first kappa shape index (κ1) is 26.4. The van der Waals surface area contributed by atoms with Gasteiger partial charge in [-0.2, -0.15) is 0 Å². The third-order valence-corrected chi connectivity index (χ3v) is 7.87. The maximum atomic E-state index is 12.0. The van der Waals surface area contributed by atoms with Crippen molar-refractivity contribution in [1.29, 1.82) is 0 Å². The van der Waals surface area contributed by atoms with Crippen LogP contribution in [0.15, 0.2) is 48.7 Å². The van der Waals surface area contributed by atoms with Gasteiger partial charge < -0.3 is 22.1 Å². The average molecular weight is 524 g/mol. The van der Waals surface area contributed by atoms with E-state index in [1.165, 1.54) is 11.4 Å². The van der Waals surface area contributed by atoms with E-state index < -0.39 is 15.9 Å². The lowest BCUT2D eigenvalue weighted by atomic mass is 9.91. The zero-order chi connectivity index (χ0) is 26.7. The summed E-state index contributed by atoms with van der Waals surface area (Å²) in [5, 5.41) is 6.62. The van der Waals surface area contributed by atoms with Gasteiger partial charge in [-0.1, -0.05) is 25.0 Å². The molecule has 2 atom stereocenters. The molecule has 37 heavy (non-hydrogen) atoms. The van der Waals surface area contributed by atoms with Gasteiger partial charge in [-0.25, -0.2) is 18.4 Å². The molecule has 1 aromatic carbocycles. The summed E-state index contributed by atoms with van der Waals surface area (Å²) in [5.74, 6) is -0.134. The van der Waals surface area contributed by atoms with E-state index in [0.717, 1.165) is 54.4 Å². The van der Waals surface area contributed by atoms with Crippen molar-refractivity contribution in [2.45, 2.75) is 44.7 Å². The maximum absolute atomic E-state index is 12.0. The lowest BCUT2D eigenvalue weighted by molar-refractivity contribution is 0.0996. The third-order valence-electron chi connectivity index (χ3n) is 6.66. The second kappa shape index (κ2) is 10.7. The maximum Gasteiger partial charge on any atom is 0.269 e. The quantitative estimate of drug-likeness (QED) is 0.350. The predicted molar refractivity (Wildman–Crippen MR) is 148 cm³/mol. The van der Waals surface area contributed by atoms with E-state index in [1.807, 2.05) is 19.1 Å². The molecule has 6 N–H and O–H groups in total. The van der Waals surface area contributed by atoms with E-state index >= 15 is 0 Å². The molecule has 1 fully saturated rings. The number of carbonyl (C=O) groups excluding carboxylic acids is 1. The van der Waals surface area contributed by atoms with Crippen LogP contribution in [0.3, 0.4) is 0 Å². The predicted octanol–water partition coefficient (Wildman–Crippen LogP) is 3.37. The Hall–Kier alpha value is -3.70. The summed E-state index contributed by atoms with van der Waals surface area (Å²) in [5.41, 5.74) is 16.1. The van der Waals surface area contributed by atoms with Gasteiger partial charge in [0.15, 0.2) is 5.69 Å². The van der Waals surface area contributed by atoms with Crippen molar-refractivity contribution < 1.29 is 13.2 Å². The molecule has 3 aromatic rings. The van der Waals surface area contributed by atoms with Gasteiger partial charge in [-0.05, 0) is 55.7 Å². The van der Waals surface area contributed by atoms with Crippen LogP contribution in [-0.2, 0) is 10.0 Å². The SMILES string of the molecule is Cc1nc(Nc2cc(N[C@@H]3CCCC[C@@H]3N)cnc2C(N)=O)ccc1-c1cccc(N(C)S(C)(=O)=O)c1. The smallest absolute Gasteiger partial charge is 0.269 e. The number of anilines is 4. The minimum atomic E-state index is -3.38. The number of primary amides is 1. The molecule has 0 radical (unpaired) electrons. The molecule has 1 aliphatic rings. The van der Waals surface area contributed by atoms with Crippen LogP contribution in [0.1, 0.15) is 41.9 Å². The van der Waals surface area contributed by atoms with Gasteiger partial charge in [-0.3, -0.25) is 9.10 Å². The topological polar surface area (TPSA) is 156 Å². The first-order valence-corrected chi connectivity index (χ1v) is 14.0. The molecule has 196 valence electrons. The highest BCUT2D eigenvalue weighted by atomic mass is 32.2. The highest BCUT2D eigenvalue weighted by Crippen LogP contribution is 2.30. The van der Waals surface area contributed by atoms with Gasteiger partial charge in [0.05, 0.1) is 29.5 Å². The number of hydrogen-bond acceptors (Lipinski definition) is 8. The number of nitrogens with one attached hydrogen (secondary N) is 2. The molecule has 1 amide bonds. The molecule has 10 nitrogen and oxygen atoms in total. The summed E-state index contributed by atoms with van der Waals surface area (Å²) in [7, 11) is -1.87. The Labute approximate surface area is 217 Å². The van der Waals surface area contributed by atoms with Crippen LogP contribution >= 0.6 is 0 Å². The van der Waals surface area contributed by atoms with Crippen molar-refractivity contribution in [3.63, 3.8) is 0 Å². The molecule has 1 aliphatic carbocycles. The first-order valence-electron chi connectivity index (χ1n) is 12.1. The van der Waals surface area contributed by atoms with Crippen LogP contribution in [0.5, 0.6) is 0 Å². The van der Waals surface area contributed by atoms with E-state index in [4.69, 9.17) is 11.5 Å². The fraction of sp³-hybridized carbons (Fsp3) is 0.346. The number of carbonyl (C=O) groups is 1. The molecular weight excluding hydrogens is 490 g/mol.